The average molecular weight is 225 g/mol. The van der Waals surface area contributed by atoms with Gasteiger partial charge >= 0.3 is 0 Å². The molecule has 1 aromatic rings. The highest BCUT2D eigenvalue weighted by molar-refractivity contribution is 7.99. The lowest BCUT2D eigenvalue weighted by atomic mass is 10.2. The first kappa shape index (κ1) is 11.1. The average Bonchev–Trinajstić information content (AvgIpc) is 2.85. The van der Waals surface area contributed by atoms with E-state index in [1.54, 1.807) is 6.26 Å². The van der Waals surface area contributed by atoms with Crippen molar-refractivity contribution < 1.29 is 4.42 Å². The van der Waals surface area contributed by atoms with E-state index in [0.717, 1.165) is 24.1 Å². The molecule has 1 saturated carbocycles. The van der Waals surface area contributed by atoms with E-state index in [1.807, 2.05) is 18.7 Å². The summed E-state index contributed by atoms with van der Waals surface area (Å²) in [5.41, 5.74) is 0. The fourth-order valence-corrected chi connectivity index (χ4v) is 2.92. The van der Waals surface area contributed by atoms with E-state index in [0.29, 0.717) is 0 Å². The molecule has 1 aliphatic rings. The molecule has 0 bridgehead atoms. The zero-order valence-corrected chi connectivity index (χ0v) is 10.1. The highest BCUT2D eigenvalue weighted by atomic mass is 32.2. The number of aryl methyl sites for hydroxylation is 1. The zero-order valence-electron chi connectivity index (χ0n) is 9.29. The number of nitrogens with one attached hydrogen (secondary N) is 1. The normalized spacial score (nSPS) is 17.4. The molecule has 0 radical (unpaired) electrons. The number of hydrogen-bond donors (Lipinski definition) is 1. The Bertz CT molecular complexity index is 292. The Hall–Kier alpha value is -0.410. The maximum atomic E-state index is 5.25. The van der Waals surface area contributed by atoms with Gasteiger partial charge in [-0.2, -0.15) is 0 Å². The molecule has 2 nitrogen and oxygen atoms in total. The fourth-order valence-electron chi connectivity index (χ4n) is 2.08. The van der Waals surface area contributed by atoms with Crippen molar-refractivity contribution in [2.45, 2.75) is 43.5 Å². The summed E-state index contributed by atoms with van der Waals surface area (Å²) in [6, 6.07) is 2.84. The van der Waals surface area contributed by atoms with Crippen LogP contribution in [0, 0.1) is 6.92 Å². The SMILES string of the molecule is Cc1occc1SCCNC1CCCC1. The van der Waals surface area contributed by atoms with E-state index in [2.05, 4.69) is 11.4 Å². The second kappa shape index (κ2) is 5.61. The molecular formula is C12H19NOS. The first-order valence-corrected chi connectivity index (χ1v) is 6.75. The van der Waals surface area contributed by atoms with Gasteiger partial charge in [0.25, 0.3) is 0 Å². The van der Waals surface area contributed by atoms with Crippen molar-refractivity contribution in [2.24, 2.45) is 0 Å². The molecule has 1 N–H and O–H groups in total. The Kier molecular flexibility index (Phi) is 4.15. The maximum absolute atomic E-state index is 5.25. The van der Waals surface area contributed by atoms with E-state index in [4.69, 9.17) is 4.42 Å². The number of furan rings is 1. The second-order valence-electron chi connectivity index (χ2n) is 4.13. The van der Waals surface area contributed by atoms with Gasteiger partial charge in [-0.1, -0.05) is 12.8 Å². The molecule has 0 atom stereocenters. The Morgan fingerprint density at radius 3 is 2.93 bits per heavy atom. The summed E-state index contributed by atoms with van der Waals surface area (Å²) in [4.78, 5) is 1.28. The fraction of sp³-hybridized carbons (Fsp3) is 0.667. The maximum Gasteiger partial charge on any atom is 0.114 e. The van der Waals surface area contributed by atoms with E-state index in [1.165, 1.54) is 30.6 Å². The van der Waals surface area contributed by atoms with Crippen LogP contribution in [0.15, 0.2) is 21.6 Å². The molecule has 0 saturated heterocycles. The summed E-state index contributed by atoms with van der Waals surface area (Å²) < 4.78 is 5.25. The molecule has 3 heteroatoms. The third-order valence-corrected chi connectivity index (χ3v) is 4.10. The van der Waals surface area contributed by atoms with Gasteiger partial charge < -0.3 is 9.73 Å². The molecule has 0 aliphatic heterocycles. The lowest BCUT2D eigenvalue weighted by Crippen LogP contribution is -2.27. The summed E-state index contributed by atoms with van der Waals surface area (Å²) in [5, 5.41) is 3.61. The topological polar surface area (TPSA) is 25.2 Å². The van der Waals surface area contributed by atoms with Crippen molar-refractivity contribution in [2.75, 3.05) is 12.3 Å². The molecule has 0 aromatic carbocycles. The zero-order chi connectivity index (χ0) is 10.5. The molecule has 1 aliphatic carbocycles. The molecular weight excluding hydrogens is 206 g/mol. The Morgan fingerprint density at radius 1 is 1.47 bits per heavy atom. The Labute approximate surface area is 95.8 Å². The number of thioether (sulfide) groups is 1. The third kappa shape index (κ3) is 3.28. The van der Waals surface area contributed by atoms with Crippen LogP contribution in [-0.2, 0) is 0 Å². The van der Waals surface area contributed by atoms with Crippen LogP contribution in [0.3, 0.4) is 0 Å². The molecule has 0 unspecified atom stereocenters. The van der Waals surface area contributed by atoms with Crippen LogP contribution in [0.2, 0.25) is 0 Å². The van der Waals surface area contributed by atoms with Gasteiger partial charge in [-0.25, -0.2) is 0 Å². The molecule has 0 amide bonds. The van der Waals surface area contributed by atoms with Crippen LogP contribution >= 0.6 is 11.8 Å². The molecule has 1 aromatic heterocycles. The van der Waals surface area contributed by atoms with Crippen LogP contribution in [0.4, 0.5) is 0 Å². The molecule has 1 fully saturated rings. The minimum absolute atomic E-state index is 0.788. The smallest absolute Gasteiger partial charge is 0.114 e. The monoisotopic (exact) mass is 225 g/mol. The van der Waals surface area contributed by atoms with E-state index >= 15 is 0 Å². The van der Waals surface area contributed by atoms with Crippen molar-refractivity contribution in [3.8, 4) is 0 Å². The minimum Gasteiger partial charge on any atom is -0.468 e. The van der Waals surface area contributed by atoms with Crippen LogP contribution in [0.5, 0.6) is 0 Å². The van der Waals surface area contributed by atoms with Gasteiger partial charge in [0.05, 0.1) is 6.26 Å². The summed E-state index contributed by atoms with van der Waals surface area (Å²) in [6.07, 6.45) is 7.32. The Balaban J connectivity index is 1.60. The van der Waals surface area contributed by atoms with Gasteiger partial charge in [-0.3, -0.25) is 0 Å². The quantitative estimate of drug-likeness (QED) is 0.615. The van der Waals surface area contributed by atoms with Gasteiger partial charge in [-0.15, -0.1) is 11.8 Å². The van der Waals surface area contributed by atoms with E-state index < -0.39 is 0 Å². The van der Waals surface area contributed by atoms with Crippen molar-refractivity contribution in [1.82, 2.24) is 5.32 Å². The highest BCUT2D eigenvalue weighted by Gasteiger charge is 2.13. The molecule has 0 spiro atoms. The van der Waals surface area contributed by atoms with Crippen LogP contribution < -0.4 is 5.32 Å². The largest absolute Gasteiger partial charge is 0.468 e. The van der Waals surface area contributed by atoms with Crippen molar-refractivity contribution in [1.29, 1.82) is 0 Å². The van der Waals surface area contributed by atoms with Gasteiger partial charge in [0.15, 0.2) is 0 Å². The lowest BCUT2D eigenvalue weighted by molar-refractivity contribution is 0.526. The van der Waals surface area contributed by atoms with E-state index in [9.17, 15) is 0 Å². The molecule has 84 valence electrons. The predicted octanol–water partition coefficient (Wildman–Crippen LogP) is 3.21. The highest BCUT2D eigenvalue weighted by Crippen LogP contribution is 2.23. The second-order valence-corrected chi connectivity index (χ2v) is 5.26. The van der Waals surface area contributed by atoms with Crippen LogP contribution in [0.25, 0.3) is 0 Å². The van der Waals surface area contributed by atoms with Crippen molar-refractivity contribution in [3.05, 3.63) is 18.1 Å². The molecule has 15 heavy (non-hydrogen) atoms. The van der Waals surface area contributed by atoms with Crippen molar-refractivity contribution in [3.63, 3.8) is 0 Å². The standard InChI is InChI=1S/C12H19NOS/c1-10-12(6-8-14-10)15-9-7-13-11-4-2-3-5-11/h6,8,11,13H,2-5,7,9H2,1H3. The Morgan fingerprint density at radius 2 is 2.27 bits per heavy atom. The summed E-state index contributed by atoms with van der Waals surface area (Å²) >= 11 is 1.88. The van der Waals surface area contributed by atoms with Gasteiger partial charge in [0.2, 0.25) is 0 Å². The predicted molar refractivity (Wildman–Crippen MR) is 64.4 cm³/mol. The van der Waals surface area contributed by atoms with Gasteiger partial charge in [-0.05, 0) is 25.8 Å². The molecule has 2 rings (SSSR count). The van der Waals surface area contributed by atoms with Gasteiger partial charge in [0, 0.05) is 23.2 Å². The van der Waals surface area contributed by atoms with E-state index in [-0.39, 0.29) is 0 Å². The summed E-state index contributed by atoms with van der Waals surface area (Å²) in [7, 11) is 0. The minimum atomic E-state index is 0.788. The van der Waals surface area contributed by atoms with Crippen LogP contribution in [-0.4, -0.2) is 18.3 Å². The van der Waals surface area contributed by atoms with Crippen molar-refractivity contribution >= 4 is 11.8 Å². The number of hydrogen-bond acceptors (Lipinski definition) is 3. The summed E-state index contributed by atoms with van der Waals surface area (Å²) in [5.74, 6) is 2.18. The lowest BCUT2D eigenvalue weighted by Gasteiger charge is -2.10. The summed E-state index contributed by atoms with van der Waals surface area (Å²) in [6.45, 7) is 3.13. The van der Waals surface area contributed by atoms with Crippen LogP contribution in [0.1, 0.15) is 31.4 Å². The third-order valence-electron chi connectivity index (χ3n) is 2.96. The first-order chi connectivity index (χ1) is 7.36. The molecule has 1 heterocycles. The van der Waals surface area contributed by atoms with Gasteiger partial charge in [0.1, 0.15) is 5.76 Å². The first-order valence-electron chi connectivity index (χ1n) is 5.76. The number of rotatable bonds is 5.